The molecule has 16 heavy (non-hydrogen) atoms. The molecular weight excluding hydrogens is 229 g/mol. The molecule has 1 aromatic carbocycles. The van der Waals surface area contributed by atoms with Crippen molar-refractivity contribution in [2.45, 2.75) is 25.8 Å². The Morgan fingerprint density at radius 3 is 2.69 bits per heavy atom. The van der Waals surface area contributed by atoms with Gasteiger partial charge in [0, 0.05) is 11.4 Å². The van der Waals surface area contributed by atoms with Crippen LogP contribution in [0.3, 0.4) is 0 Å². The zero-order valence-corrected chi connectivity index (χ0v) is 10.4. The second-order valence-electron chi connectivity index (χ2n) is 4.21. The summed E-state index contributed by atoms with van der Waals surface area (Å²) in [5.41, 5.74) is -0.106. The van der Waals surface area contributed by atoms with E-state index in [9.17, 15) is 9.18 Å². The van der Waals surface area contributed by atoms with Gasteiger partial charge in [0.15, 0.2) is 5.78 Å². The number of carbonyl (C=O) groups excluding carboxylic acids is 1. The van der Waals surface area contributed by atoms with E-state index in [1.165, 1.54) is 18.2 Å². The van der Waals surface area contributed by atoms with Crippen molar-refractivity contribution in [3.05, 3.63) is 34.6 Å². The monoisotopic (exact) mass is 243 g/mol. The molecule has 88 valence electrons. The molecule has 0 spiro atoms. The highest BCUT2D eigenvalue weighted by Gasteiger charge is 2.25. The van der Waals surface area contributed by atoms with Gasteiger partial charge in [0.2, 0.25) is 0 Å². The van der Waals surface area contributed by atoms with Crippen LogP contribution < -0.4 is 5.32 Å². The number of benzene rings is 1. The molecule has 0 aliphatic rings. The zero-order valence-electron chi connectivity index (χ0n) is 9.60. The first-order valence-corrected chi connectivity index (χ1v) is 5.41. The molecule has 0 atom stereocenters. The van der Waals surface area contributed by atoms with Gasteiger partial charge in [0.05, 0.1) is 5.54 Å². The Balaban J connectivity index is 2.89. The molecule has 0 amide bonds. The number of likely N-dealkylation sites (N-methyl/N-ethyl adjacent to an activating group) is 1. The van der Waals surface area contributed by atoms with Crippen molar-refractivity contribution >= 4 is 17.4 Å². The van der Waals surface area contributed by atoms with Crippen LogP contribution in [0, 0.1) is 5.82 Å². The number of hydrogen-bond acceptors (Lipinski definition) is 2. The maximum atomic E-state index is 13.0. The largest absolute Gasteiger partial charge is 0.308 e. The fourth-order valence-electron chi connectivity index (χ4n) is 1.21. The van der Waals surface area contributed by atoms with Crippen molar-refractivity contribution < 1.29 is 9.18 Å². The van der Waals surface area contributed by atoms with E-state index in [4.69, 9.17) is 11.6 Å². The van der Waals surface area contributed by atoms with Gasteiger partial charge >= 0.3 is 0 Å². The summed E-state index contributed by atoms with van der Waals surface area (Å²) >= 11 is 5.89. The Kier molecular flexibility index (Phi) is 4.05. The molecule has 0 aliphatic carbocycles. The average Bonchev–Trinajstić information content (AvgIpc) is 2.23. The highest BCUT2D eigenvalue weighted by molar-refractivity contribution is 6.31. The highest BCUT2D eigenvalue weighted by Crippen LogP contribution is 2.19. The first kappa shape index (κ1) is 13.1. The van der Waals surface area contributed by atoms with Crippen molar-refractivity contribution in [1.29, 1.82) is 0 Å². The Bertz CT molecular complexity index is 404. The molecule has 0 aromatic heterocycles. The molecule has 1 N–H and O–H groups in total. The fraction of sp³-hybridized carbons (Fsp3) is 0.417. The minimum atomic E-state index is -0.629. The summed E-state index contributed by atoms with van der Waals surface area (Å²) in [7, 11) is 1.71. The van der Waals surface area contributed by atoms with Gasteiger partial charge in [-0.05, 0) is 44.7 Å². The molecule has 0 aliphatic heterocycles. The van der Waals surface area contributed by atoms with E-state index in [2.05, 4.69) is 5.32 Å². The van der Waals surface area contributed by atoms with Crippen LogP contribution in [0.4, 0.5) is 4.39 Å². The Morgan fingerprint density at radius 1 is 1.50 bits per heavy atom. The predicted octanol–water partition coefficient (Wildman–Crippen LogP) is 2.59. The Hall–Kier alpha value is -0.930. The lowest BCUT2D eigenvalue weighted by atomic mass is 9.94. The van der Waals surface area contributed by atoms with Crippen molar-refractivity contribution in [1.82, 2.24) is 5.32 Å². The summed E-state index contributed by atoms with van der Waals surface area (Å²) in [5.74, 6) is -0.406. The summed E-state index contributed by atoms with van der Waals surface area (Å²) in [5, 5.41) is 3.33. The third-order valence-corrected chi connectivity index (χ3v) is 3.05. The van der Waals surface area contributed by atoms with Crippen LogP contribution in [0.1, 0.15) is 19.4 Å². The van der Waals surface area contributed by atoms with Crippen molar-refractivity contribution in [2.24, 2.45) is 0 Å². The van der Waals surface area contributed by atoms with Gasteiger partial charge in [-0.15, -0.1) is 0 Å². The average molecular weight is 244 g/mol. The minimum absolute atomic E-state index is 0.0255. The van der Waals surface area contributed by atoms with E-state index >= 15 is 0 Å². The quantitative estimate of drug-likeness (QED) is 0.881. The predicted molar refractivity (Wildman–Crippen MR) is 63.3 cm³/mol. The summed E-state index contributed by atoms with van der Waals surface area (Å²) in [6, 6.07) is 4.04. The van der Waals surface area contributed by atoms with Crippen molar-refractivity contribution in [3.8, 4) is 0 Å². The van der Waals surface area contributed by atoms with E-state index in [0.717, 1.165) is 0 Å². The molecule has 2 nitrogen and oxygen atoms in total. The number of Topliss-reactive ketones (excluding diaryl/α,β-unsaturated/α-hetero) is 1. The van der Waals surface area contributed by atoms with Crippen molar-refractivity contribution in [2.75, 3.05) is 7.05 Å². The first-order chi connectivity index (χ1) is 7.36. The van der Waals surface area contributed by atoms with Crippen LogP contribution in [-0.2, 0) is 11.2 Å². The lowest BCUT2D eigenvalue weighted by molar-refractivity contribution is -0.123. The topological polar surface area (TPSA) is 29.1 Å². The van der Waals surface area contributed by atoms with Crippen LogP contribution >= 0.6 is 11.6 Å². The summed E-state index contributed by atoms with van der Waals surface area (Å²) in [6.07, 6.45) is 0.129. The molecule has 0 saturated carbocycles. The van der Waals surface area contributed by atoms with Gasteiger partial charge < -0.3 is 5.32 Å². The number of ketones is 1. The van der Waals surface area contributed by atoms with Crippen LogP contribution in [0.25, 0.3) is 0 Å². The van der Waals surface area contributed by atoms with Crippen LogP contribution in [0.15, 0.2) is 18.2 Å². The lowest BCUT2D eigenvalue weighted by Gasteiger charge is -2.22. The number of nitrogens with one attached hydrogen (secondary N) is 1. The number of hydrogen-bond donors (Lipinski definition) is 1. The van der Waals surface area contributed by atoms with E-state index in [-0.39, 0.29) is 18.0 Å². The van der Waals surface area contributed by atoms with Gasteiger partial charge in [-0.1, -0.05) is 11.6 Å². The van der Waals surface area contributed by atoms with Crippen LogP contribution in [-0.4, -0.2) is 18.4 Å². The molecule has 4 heteroatoms. The van der Waals surface area contributed by atoms with Gasteiger partial charge in [-0.25, -0.2) is 4.39 Å². The van der Waals surface area contributed by atoms with E-state index < -0.39 is 5.54 Å². The van der Waals surface area contributed by atoms with Crippen LogP contribution in [0.5, 0.6) is 0 Å². The molecule has 0 heterocycles. The van der Waals surface area contributed by atoms with E-state index in [1.54, 1.807) is 20.9 Å². The third-order valence-electron chi connectivity index (χ3n) is 2.68. The molecule has 0 bridgehead atoms. The number of halogens is 2. The smallest absolute Gasteiger partial charge is 0.156 e. The van der Waals surface area contributed by atoms with Gasteiger partial charge in [0.1, 0.15) is 5.82 Å². The second-order valence-corrected chi connectivity index (χ2v) is 4.62. The third kappa shape index (κ3) is 3.03. The highest BCUT2D eigenvalue weighted by atomic mass is 35.5. The van der Waals surface area contributed by atoms with Gasteiger partial charge in [-0.3, -0.25) is 4.79 Å². The molecule has 0 radical (unpaired) electrons. The zero-order chi connectivity index (χ0) is 12.3. The first-order valence-electron chi connectivity index (χ1n) is 5.03. The normalized spacial score (nSPS) is 11.6. The van der Waals surface area contributed by atoms with Crippen LogP contribution in [0.2, 0.25) is 5.02 Å². The number of carbonyl (C=O) groups is 1. The van der Waals surface area contributed by atoms with E-state index in [0.29, 0.717) is 10.6 Å². The molecule has 1 rings (SSSR count). The minimum Gasteiger partial charge on any atom is -0.308 e. The summed E-state index contributed by atoms with van der Waals surface area (Å²) in [6.45, 7) is 3.56. The molecule has 0 saturated heterocycles. The lowest BCUT2D eigenvalue weighted by Crippen LogP contribution is -2.45. The Morgan fingerprint density at radius 2 is 2.12 bits per heavy atom. The fourth-order valence-corrected chi connectivity index (χ4v) is 1.40. The molecular formula is C12H15ClFNO. The molecule has 1 aromatic rings. The van der Waals surface area contributed by atoms with Gasteiger partial charge in [-0.2, -0.15) is 0 Å². The SMILES string of the molecule is CNC(C)(C)C(=O)Cc1cc(F)ccc1Cl. The van der Waals surface area contributed by atoms with Gasteiger partial charge in [0.25, 0.3) is 0 Å². The maximum Gasteiger partial charge on any atom is 0.156 e. The van der Waals surface area contributed by atoms with E-state index in [1.807, 2.05) is 0 Å². The second kappa shape index (κ2) is 4.93. The molecule has 0 unspecified atom stereocenters. The number of rotatable bonds is 4. The van der Waals surface area contributed by atoms with Crippen molar-refractivity contribution in [3.63, 3.8) is 0 Å². The standard InChI is InChI=1S/C12H15ClFNO/c1-12(2,15-3)11(16)7-8-6-9(14)4-5-10(8)13/h4-6,15H,7H2,1-3H3. The Labute approximate surface area is 99.8 Å². The summed E-state index contributed by atoms with van der Waals surface area (Å²) in [4.78, 5) is 11.9. The molecule has 0 fully saturated rings. The summed E-state index contributed by atoms with van der Waals surface area (Å²) < 4.78 is 13.0. The maximum absolute atomic E-state index is 13.0.